The number of carbonyl (C=O) groups is 1. The Kier molecular flexibility index (Phi) is 30.9. The SMILES string of the molecule is CCCCC/C=C\C/C=C\CCCCCCCCCC(=O)NC(CS(=O)(=O)O)C(O)CCCCCCCCCCCCCC. The number of amides is 1. The van der Waals surface area contributed by atoms with E-state index in [0.717, 1.165) is 57.8 Å². The predicted octanol–water partition coefficient (Wildman–Crippen LogP) is 10.4. The van der Waals surface area contributed by atoms with E-state index in [9.17, 15) is 22.9 Å². The van der Waals surface area contributed by atoms with E-state index in [1.165, 1.54) is 103 Å². The molecule has 2 atom stereocenters. The van der Waals surface area contributed by atoms with E-state index in [4.69, 9.17) is 0 Å². The van der Waals surface area contributed by atoms with Gasteiger partial charge in [-0.05, 0) is 44.9 Å². The molecule has 0 saturated carbocycles. The molecule has 260 valence electrons. The zero-order valence-electron chi connectivity index (χ0n) is 28.8. The summed E-state index contributed by atoms with van der Waals surface area (Å²) in [6.07, 6.45) is 38.3. The third kappa shape index (κ3) is 32.2. The number of carbonyl (C=O) groups excluding carboxylic acids is 1. The molecule has 0 aromatic carbocycles. The van der Waals surface area contributed by atoms with Crippen LogP contribution in [0, 0.1) is 0 Å². The maximum Gasteiger partial charge on any atom is 0.266 e. The van der Waals surface area contributed by atoms with Crippen LogP contribution in [0.15, 0.2) is 24.3 Å². The summed E-state index contributed by atoms with van der Waals surface area (Å²) in [5.74, 6) is -0.904. The molecule has 0 bridgehead atoms. The second-order valence-electron chi connectivity index (χ2n) is 12.9. The minimum Gasteiger partial charge on any atom is -0.391 e. The topological polar surface area (TPSA) is 104 Å². The summed E-state index contributed by atoms with van der Waals surface area (Å²) in [5.41, 5.74) is 0. The summed E-state index contributed by atoms with van der Waals surface area (Å²) >= 11 is 0. The molecule has 1 amide bonds. The van der Waals surface area contributed by atoms with Gasteiger partial charge in [0.05, 0.1) is 17.9 Å². The molecule has 0 fully saturated rings. The van der Waals surface area contributed by atoms with Crippen LogP contribution in [0.2, 0.25) is 0 Å². The highest BCUT2D eigenvalue weighted by Gasteiger charge is 2.26. The van der Waals surface area contributed by atoms with Gasteiger partial charge >= 0.3 is 0 Å². The normalized spacial score (nSPS) is 13.6. The average molecular weight is 642 g/mol. The van der Waals surface area contributed by atoms with Crippen LogP contribution in [0.4, 0.5) is 0 Å². The number of hydrogen-bond donors (Lipinski definition) is 3. The van der Waals surface area contributed by atoms with Crippen LogP contribution >= 0.6 is 0 Å². The van der Waals surface area contributed by atoms with Crippen LogP contribution < -0.4 is 5.32 Å². The zero-order chi connectivity index (χ0) is 32.6. The molecule has 0 rings (SSSR count). The zero-order valence-corrected chi connectivity index (χ0v) is 29.6. The lowest BCUT2D eigenvalue weighted by Crippen LogP contribution is -2.47. The molecule has 0 aliphatic carbocycles. The Bertz CT molecular complexity index is 796. The summed E-state index contributed by atoms with van der Waals surface area (Å²) in [4.78, 5) is 12.5. The molecule has 0 aliphatic rings. The molecule has 3 N–H and O–H groups in total. The number of rotatable bonds is 33. The Morgan fingerprint density at radius 2 is 1.02 bits per heavy atom. The first kappa shape index (κ1) is 42.8. The molecular formula is C37H71NO5S. The summed E-state index contributed by atoms with van der Waals surface area (Å²) in [7, 11) is -4.30. The van der Waals surface area contributed by atoms with Gasteiger partial charge in [0.2, 0.25) is 5.91 Å². The van der Waals surface area contributed by atoms with E-state index in [2.05, 4.69) is 43.5 Å². The van der Waals surface area contributed by atoms with Crippen LogP contribution in [0.5, 0.6) is 0 Å². The van der Waals surface area contributed by atoms with Crippen LogP contribution in [-0.4, -0.2) is 41.9 Å². The van der Waals surface area contributed by atoms with Crippen molar-refractivity contribution in [3.63, 3.8) is 0 Å². The standard InChI is InChI=1S/C37H71NO5S/c1-3-5-7-9-11-13-15-17-18-19-20-21-23-25-27-29-31-33-37(40)38-35(34-44(41,42)43)36(39)32-30-28-26-24-22-16-14-12-10-8-6-4-2/h11,13,17-18,35-36,39H,3-10,12,14-16,19-34H2,1-2H3,(H,38,40)(H,41,42,43)/b13-11-,18-17-. The quantitative estimate of drug-likeness (QED) is 0.0376. The summed E-state index contributed by atoms with van der Waals surface area (Å²) < 4.78 is 32.4. The molecule has 0 aromatic heterocycles. The molecule has 6 nitrogen and oxygen atoms in total. The fourth-order valence-corrected chi connectivity index (χ4v) is 6.36. The first-order chi connectivity index (χ1) is 21.3. The highest BCUT2D eigenvalue weighted by Crippen LogP contribution is 2.15. The lowest BCUT2D eigenvalue weighted by atomic mass is 10.0. The van der Waals surface area contributed by atoms with Crippen molar-refractivity contribution in [3.8, 4) is 0 Å². The molecule has 0 aliphatic heterocycles. The van der Waals surface area contributed by atoms with Crippen molar-refractivity contribution >= 4 is 16.0 Å². The van der Waals surface area contributed by atoms with Crippen LogP contribution in [0.1, 0.15) is 187 Å². The van der Waals surface area contributed by atoms with Gasteiger partial charge in [0.1, 0.15) is 0 Å². The van der Waals surface area contributed by atoms with Crippen molar-refractivity contribution in [2.24, 2.45) is 0 Å². The van der Waals surface area contributed by atoms with Crippen molar-refractivity contribution < 1.29 is 22.9 Å². The Balaban J connectivity index is 3.92. The van der Waals surface area contributed by atoms with Gasteiger partial charge in [-0.15, -0.1) is 0 Å². The Hall–Kier alpha value is -1.18. The van der Waals surface area contributed by atoms with Crippen LogP contribution in [0.25, 0.3) is 0 Å². The van der Waals surface area contributed by atoms with Gasteiger partial charge < -0.3 is 10.4 Å². The molecule has 44 heavy (non-hydrogen) atoms. The number of nitrogens with one attached hydrogen (secondary N) is 1. The van der Waals surface area contributed by atoms with E-state index in [0.29, 0.717) is 12.8 Å². The van der Waals surface area contributed by atoms with Gasteiger partial charge in [0, 0.05) is 6.42 Å². The molecule has 2 unspecified atom stereocenters. The van der Waals surface area contributed by atoms with Crippen molar-refractivity contribution in [3.05, 3.63) is 24.3 Å². The fraction of sp³-hybridized carbons (Fsp3) is 0.865. The minimum absolute atomic E-state index is 0.255. The molecule has 0 radical (unpaired) electrons. The second kappa shape index (κ2) is 31.8. The summed E-state index contributed by atoms with van der Waals surface area (Å²) in [5, 5.41) is 13.3. The largest absolute Gasteiger partial charge is 0.391 e. The third-order valence-electron chi connectivity index (χ3n) is 8.41. The van der Waals surface area contributed by atoms with E-state index >= 15 is 0 Å². The van der Waals surface area contributed by atoms with Gasteiger partial charge in [0.15, 0.2) is 0 Å². The molecule has 0 saturated heterocycles. The summed E-state index contributed by atoms with van der Waals surface area (Å²) in [6.45, 7) is 4.47. The lowest BCUT2D eigenvalue weighted by Gasteiger charge is -2.23. The van der Waals surface area contributed by atoms with Crippen molar-refractivity contribution in [1.29, 1.82) is 0 Å². The maximum absolute atomic E-state index is 12.5. The molecule has 0 aromatic rings. The smallest absolute Gasteiger partial charge is 0.266 e. The molecule has 7 heteroatoms. The first-order valence-corrected chi connectivity index (χ1v) is 20.1. The number of aliphatic hydroxyl groups excluding tert-OH is 1. The lowest BCUT2D eigenvalue weighted by molar-refractivity contribution is -0.122. The Morgan fingerprint density at radius 3 is 1.52 bits per heavy atom. The maximum atomic E-state index is 12.5. The number of allylic oxidation sites excluding steroid dienone is 4. The van der Waals surface area contributed by atoms with Gasteiger partial charge in [-0.1, -0.05) is 160 Å². The van der Waals surface area contributed by atoms with Crippen molar-refractivity contribution in [2.45, 2.75) is 199 Å². The minimum atomic E-state index is -4.30. The van der Waals surface area contributed by atoms with E-state index in [1.807, 2.05) is 0 Å². The number of aliphatic hydroxyl groups is 1. The first-order valence-electron chi connectivity index (χ1n) is 18.5. The van der Waals surface area contributed by atoms with E-state index in [1.54, 1.807) is 0 Å². The molecule has 0 heterocycles. The fourth-order valence-electron chi connectivity index (χ4n) is 5.60. The van der Waals surface area contributed by atoms with Crippen LogP contribution in [0.3, 0.4) is 0 Å². The Labute approximate surface area is 273 Å². The Morgan fingerprint density at radius 1 is 0.614 bits per heavy atom. The van der Waals surface area contributed by atoms with Crippen molar-refractivity contribution in [1.82, 2.24) is 5.32 Å². The van der Waals surface area contributed by atoms with Gasteiger partial charge in [-0.3, -0.25) is 9.35 Å². The van der Waals surface area contributed by atoms with Gasteiger partial charge in [-0.25, -0.2) is 0 Å². The highest BCUT2D eigenvalue weighted by molar-refractivity contribution is 7.85. The second-order valence-corrected chi connectivity index (χ2v) is 14.4. The van der Waals surface area contributed by atoms with Crippen LogP contribution in [-0.2, 0) is 14.9 Å². The van der Waals surface area contributed by atoms with E-state index < -0.39 is 28.0 Å². The predicted molar refractivity (Wildman–Crippen MR) is 189 cm³/mol. The average Bonchev–Trinajstić information content (AvgIpc) is 2.98. The summed E-state index contributed by atoms with van der Waals surface area (Å²) in [6, 6.07) is -0.971. The molecule has 0 spiro atoms. The van der Waals surface area contributed by atoms with E-state index in [-0.39, 0.29) is 5.91 Å². The third-order valence-corrected chi connectivity index (χ3v) is 9.19. The molecular weight excluding hydrogens is 570 g/mol. The monoisotopic (exact) mass is 642 g/mol. The highest BCUT2D eigenvalue weighted by atomic mass is 32.2. The van der Waals surface area contributed by atoms with Gasteiger partial charge in [-0.2, -0.15) is 8.42 Å². The van der Waals surface area contributed by atoms with Crippen molar-refractivity contribution in [2.75, 3.05) is 5.75 Å². The number of unbranched alkanes of at least 4 members (excludes halogenated alkanes) is 21. The number of hydrogen-bond acceptors (Lipinski definition) is 4. The van der Waals surface area contributed by atoms with Gasteiger partial charge in [0.25, 0.3) is 10.1 Å².